The number of urea groups is 1. The summed E-state index contributed by atoms with van der Waals surface area (Å²) in [5.41, 5.74) is 8.41. The van der Waals surface area contributed by atoms with Gasteiger partial charge in [-0.3, -0.25) is 10.1 Å². The number of primary amides is 1. The number of benzene rings is 1. The van der Waals surface area contributed by atoms with E-state index in [0.29, 0.717) is 40.8 Å². The Morgan fingerprint density at radius 2 is 2.00 bits per heavy atom. The van der Waals surface area contributed by atoms with Crippen molar-refractivity contribution in [3.8, 4) is 0 Å². The van der Waals surface area contributed by atoms with Gasteiger partial charge in [-0.05, 0) is 55.2 Å². The fourth-order valence-electron chi connectivity index (χ4n) is 3.55. The van der Waals surface area contributed by atoms with Crippen LogP contribution in [-0.4, -0.2) is 29.0 Å². The number of nitrogens with one attached hydrogen (secondary N) is 1. The fraction of sp³-hybridized carbons (Fsp3) is 0.182. The van der Waals surface area contributed by atoms with Gasteiger partial charge in [0.05, 0.1) is 23.0 Å². The first-order valence-corrected chi connectivity index (χ1v) is 9.41. The summed E-state index contributed by atoms with van der Waals surface area (Å²) >= 11 is 0. The molecule has 1 aromatic carbocycles. The molecule has 0 aliphatic heterocycles. The Hall–Kier alpha value is -3.94. The summed E-state index contributed by atoms with van der Waals surface area (Å²) in [6, 6.07) is 9.90. The molecule has 0 radical (unpaired) electrons. The summed E-state index contributed by atoms with van der Waals surface area (Å²) in [6.07, 6.45) is 3.61. The largest absolute Gasteiger partial charge is 0.465 e. The number of furan rings is 1. The van der Waals surface area contributed by atoms with Crippen LogP contribution < -0.4 is 11.1 Å². The van der Waals surface area contributed by atoms with E-state index >= 15 is 0 Å². The van der Waals surface area contributed by atoms with Crippen LogP contribution in [0.15, 0.2) is 47.1 Å². The molecule has 4 rings (SSSR count). The van der Waals surface area contributed by atoms with E-state index in [1.165, 1.54) is 6.92 Å². The summed E-state index contributed by atoms with van der Waals surface area (Å²) in [5.74, 6) is -0.742. The number of imide groups is 1. The Morgan fingerprint density at radius 1 is 1.20 bits per heavy atom. The van der Waals surface area contributed by atoms with E-state index in [2.05, 4.69) is 0 Å². The summed E-state index contributed by atoms with van der Waals surface area (Å²) in [4.78, 5) is 40.6. The molecular weight excluding hydrogens is 386 g/mol. The molecule has 8 heteroatoms. The topological polar surface area (TPSA) is 125 Å². The Bertz CT molecular complexity index is 1180. The maximum atomic E-state index is 13.1. The molecule has 2 heterocycles. The number of carbonyl (C=O) groups excluding carboxylic acids is 3. The molecule has 30 heavy (non-hydrogen) atoms. The van der Waals surface area contributed by atoms with E-state index in [1.807, 2.05) is 35.7 Å². The molecule has 0 saturated heterocycles. The molecule has 3 amide bonds. The van der Waals surface area contributed by atoms with E-state index < -0.39 is 24.0 Å². The number of fused-ring (bicyclic) bond motifs is 2. The number of ether oxygens (including phenoxy) is 1. The van der Waals surface area contributed by atoms with Gasteiger partial charge in [0.15, 0.2) is 6.10 Å². The maximum absolute atomic E-state index is 13.1. The first-order chi connectivity index (χ1) is 14.4. The second-order valence-electron chi connectivity index (χ2n) is 6.92. The van der Waals surface area contributed by atoms with Crippen LogP contribution in [0.25, 0.3) is 22.6 Å². The number of pyridine rings is 1. The summed E-state index contributed by atoms with van der Waals surface area (Å²) < 4.78 is 10.8. The molecule has 2 aromatic heterocycles. The first-order valence-electron chi connectivity index (χ1n) is 9.41. The van der Waals surface area contributed by atoms with Crippen molar-refractivity contribution in [3.05, 3.63) is 65.2 Å². The average Bonchev–Trinajstić information content (AvgIpc) is 3.36. The van der Waals surface area contributed by atoms with Crippen molar-refractivity contribution < 1.29 is 23.5 Å². The zero-order valence-electron chi connectivity index (χ0n) is 16.2. The third kappa shape index (κ3) is 3.67. The zero-order valence-corrected chi connectivity index (χ0v) is 16.2. The normalized spacial score (nSPS) is 15.0. The number of hydrogen-bond donors (Lipinski definition) is 2. The number of para-hydroxylation sites is 1. The monoisotopic (exact) mass is 405 g/mol. The predicted molar refractivity (Wildman–Crippen MR) is 109 cm³/mol. The summed E-state index contributed by atoms with van der Waals surface area (Å²) in [6.45, 7) is 1.38. The fourth-order valence-corrected chi connectivity index (χ4v) is 3.55. The lowest BCUT2D eigenvalue weighted by molar-refractivity contribution is -0.127. The van der Waals surface area contributed by atoms with Gasteiger partial charge in [0.1, 0.15) is 5.76 Å². The van der Waals surface area contributed by atoms with Crippen LogP contribution >= 0.6 is 0 Å². The number of hydrogen-bond acceptors (Lipinski definition) is 6. The van der Waals surface area contributed by atoms with Gasteiger partial charge >= 0.3 is 12.0 Å². The predicted octanol–water partition coefficient (Wildman–Crippen LogP) is 3.05. The van der Waals surface area contributed by atoms with Crippen LogP contribution in [0.1, 0.15) is 40.7 Å². The smallest absolute Gasteiger partial charge is 0.339 e. The first kappa shape index (κ1) is 19.4. The molecule has 3 aromatic rings. The SMILES string of the molecule is CC(OC(=O)c1c2c(nc3ccccc13)/C(=C/c1ccco1)CC2)C(=O)NC(N)=O. The number of esters is 1. The Morgan fingerprint density at radius 3 is 2.73 bits per heavy atom. The van der Waals surface area contributed by atoms with E-state index in [1.54, 1.807) is 18.4 Å². The number of aromatic nitrogens is 1. The molecule has 3 N–H and O–H groups in total. The standard InChI is InChI=1S/C22H19N3O5/c1-12(20(26)25-22(23)28)30-21(27)18-15-6-2-3-7-17(15)24-19-13(8-9-16(18)19)11-14-5-4-10-29-14/h2-7,10-12H,8-9H2,1H3,(H3,23,25,26,28)/b13-11+. The number of carbonyl (C=O) groups is 3. The second-order valence-corrected chi connectivity index (χ2v) is 6.92. The molecule has 1 unspecified atom stereocenters. The van der Waals surface area contributed by atoms with Crippen molar-refractivity contribution in [2.75, 3.05) is 0 Å². The number of amides is 3. The number of rotatable bonds is 4. The van der Waals surface area contributed by atoms with Crippen molar-refractivity contribution in [2.45, 2.75) is 25.9 Å². The van der Waals surface area contributed by atoms with Crippen molar-refractivity contribution in [1.29, 1.82) is 0 Å². The molecule has 152 valence electrons. The van der Waals surface area contributed by atoms with Gasteiger partial charge in [0, 0.05) is 5.39 Å². The minimum Gasteiger partial charge on any atom is -0.465 e. The minimum absolute atomic E-state index is 0.372. The van der Waals surface area contributed by atoms with Gasteiger partial charge in [0.25, 0.3) is 5.91 Å². The average molecular weight is 405 g/mol. The lowest BCUT2D eigenvalue weighted by Crippen LogP contribution is -2.42. The number of allylic oxidation sites excluding steroid dienone is 1. The minimum atomic E-state index is -1.19. The van der Waals surface area contributed by atoms with Crippen LogP contribution in [0.4, 0.5) is 4.79 Å². The van der Waals surface area contributed by atoms with E-state index in [0.717, 1.165) is 11.1 Å². The van der Waals surface area contributed by atoms with Crippen LogP contribution in [0.5, 0.6) is 0 Å². The van der Waals surface area contributed by atoms with Gasteiger partial charge in [-0.15, -0.1) is 0 Å². The van der Waals surface area contributed by atoms with E-state index in [-0.39, 0.29) is 0 Å². The molecular formula is C22H19N3O5. The molecule has 0 bridgehead atoms. The van der Waals surface area contributed by atoms with Gasteiger partial charge in [0.2, 0.25) is 0 Å². The van der Waals surface area contributed by atoms with Crippen molar-refractivity contribution in [3.63, 3.8) is 0 Å². The summed E-state index contributed by atoms with van der Waals surface area (Å²) in [5, 5.41) is 2.55. The van der Waals surface area contributed by atoms with Gasteiger partial charge in [-0.2, -0.15) is 0 Å². The highest BCUT2D eigenvalue weighted by atomic mass is 16.5. The van der Waals surface area contributed by atoms with Gasteiger partial charge in [-0.25, -0.2) is 14.6 Å². The Kier molecular flexibility index (Phi) is 5.05. The zero-order chi connectivity index (χ0) is 21.3. The highest BCUT2D eigenvalue weighted by Crippen LogP contribution is 2.37. The summed E-state index contributed by atoms with van der Waals surface area (Å²) in [7, 11) is 0. The van der Waals surface area contributed by atoms with Crippen molar-refractivity contribution >= 4 is 40.5 Å². The van der Waals surface area contributed by atoms with Gasteiger partial charge < -0.3 is 14.9 Å². The molecule has 0 spiro atoms. The van der Waals surface area contributed by atoms with Crippen LogP contribution in [0.3, 0.4) is 0 Å². The number of nitrogens with two attached hydrogens (primary N) is 1. The molecule has 1 aliphatic carbocycles. The lowest BCUT2D eigenvalue weighted by Gasteiger charge is -2.15. The lowest BCUT2D eigenvalue weighted by atomic mass is 10.0. The third-order valence-corrected chi connectivity index (χ3v) is 4.91. The highest BCUT2D eigenvalue weighted by molar-refractivity contribution is 6.08. The van der Waals surface area contributed by atoms with Crippen LogP contribution in [0, 0.1) is 0 Å². The molecule has 1 aliphatic rings. The molecule has 1 atom stereocenters. The van der Waals surface area contributed by atoms with Crippen molar-refractivity contribution in [2.24, 2.45) is 5.73 Å². The van der Waals surface area contributed by atoms with Crippen LogP contribution in [0.2, 0.25) is 0 Å². The molecule has 0 fully saturated rings. The number of nitrogens with zero attached hydrogens (tertiary/aromatic N) is 1. The van der Waals surface area contributed by atoms with Crippen molar-refractivity contribution in [1.82, 2.24) is 10.3 Å². The van der Waals surface area contributed by atoms with E-state index in [4.69, 9.17) is 19.9 Å². The maximum Gasteiger partial charge on any atom is 0.339 e. The Balaban J connectivity index is 1.75. The highest BCUT2D eigenvalue weighted by Gasteiger charge is 2.29. The Labute approximate surface area is 171 Å². The second kappa shape index (κ2) is 7.82. The van der Waals surface area contributed by atoms with Crippen LogP contribution in [-0.2, 0) is 16.0 Å². The van der Waals surface area contributed by atoms with E-state index in [9.17, 15) is 14.4 Å². The van der Waals surface area contributed by atoms with Gasteiger partial charge in [-0.1, -0.05) is 18.2 Å². The molecule has 8 nitrogen and oxygen atoms in total. The molecule has 0 saturated carbocycles. The third-order valence-electron chi connectivity index (χ3n) is 4.91. The quantitative estimate of drug-likeness (QED) is 0.643.